The summed E-state index contributed by atoms with van der Waals surface area (Å²) in [6, 6.07) is 4.81. The summed E-state index contributed by atoms with van der Waals surface area (Å²) in [6.07, 6.45) is 0. The molecule has 0 atom stereocenters. The molecule has 0 spiro atoms. The summed E-state index contributed by atoms with van der Waals surface area (Å²) in [4.78, 5) is 35.5. The van der Waals surface area contributed by atoms with Crippen LogP contribution in [0.1, 0.15) is 0 Å². The van der Waals surface area contributed by atoms with E-state index in [-0.39, 0.29) is 18.2 Å². The SMILES string of the molecule is COc1ccc(NC(=O)CN2C(=O)CSC2=O)c(N)c1. The topological polar surface area (TPSA) is 102 Å². The highest BCUT2D eigenvalue weighted by Crippen LogP contribution is 2.24. The van der Waals surface area contributed by atoms with Gasteiger partial charge in [0.2, 0.25) is 11.8 Å². The van der Waals surface area contributed by atoms with Gasteiger partial charge in [-0.1, -0.05) is 11.8 Å². The number of carbonyl (C=O) groups is 3. The molecule has 2 rings (SSSR count). The van der Waals surface area contributed by atoms with Gasteiger partial charge in [0.25, 0.3) is 5.24 Å². The van der Waals surface area contributed by atoms with Crippen molar-refractivity contribution in [2.45, 2.75) is 0 Å². The van der Waals surface area contributed by atoms with Gasteiger partial charge in [0, 0.05) is 6.07 Å². The van der Waals surface area contributed by atoms with Gasteiger partial charge in [0.15, 0.2) is 0 Å². The van der Waals surface area contributed by atoms with Crippen LogP contribution in [0, 0.1) is 0 Å². The molecule has 0 aliphatic carbocycles. The number of rotatable bonds is 4. The number of ether oxygens (including phenoxy) is 1. The quantitative estimate of drug-likeness (QED) is 0.801. The number of hydrogen-bond acceptors (Lipinski definition) is 6. The fraction of sp³-hybridized carbons (Fsp3) is 0.250. The number of nitrogens with zero attached hydrogens (tertiary/aromatic N) is 1. The normalized spacial score (nSPS) is 14.6. The average molecular weight is 295 g/mol. The summed E-state index contributed by atoms with van der Waals surface area (Å²) >= 11 is 0.886. The van der Waals surface area contributed by atoms with Crippen LogP contribution < -0.4 is 15.8 Å². The molecule has 1 aliphatic heterocycles. The van der Waals surface area contributed by atoms with E-state index in [1.165, 1.54) is 7.11 Å². The number of nitrogen functional groups attached to an aromatic ring is 1. The van der Waals surface area contributed by atoms with Crippen molar-refractivity contribution >= 4 is 40.2 Å². The molecule has 0 unspecified atom stereocenters. The second kappa shape index (κ2) is 5.83. The predicted octanol–water partition coefficient (Wildman–Crippen LogP) is 0.911. The van der Waals surface area contributed by atoms with E-state index in [9.17, 15) is 14.4 Å². The second-order valence-corrected chi connectivity index (χ2v) is 4.96. The first-order chi connectivity index (χ1) is 9.51. The highest BCUT2D eigenvalue weighted by atomic mass is 32.2. The van der Waals surface area contributed by atoms with Crippen LogP contribution >= 0.6 is 11.8 Å². The molecule has 20 heavy (non-hydrogen) atoms. The Morgan fingerprint density at radius 1 is 1.50 bits per heavy atom. The molecule has 1 saturated heterocycles. The van der Waals surface area contributed by atoms with Crippen molar-refractivity contribution in [2.75, 3.05) is 30.5 Å². The Morgan fingerprint density at radius 3 is 2.80 bits per heavy atom. The molecule has 0 aromatic heterocycles. The Morgan fingerprint density at radius 2 is 2.25 bits per heavy atom. The zero-order chi connectivity index (χ0) is 14.7. The Labute approximate surface area is 119 Å². The summed E-state index contributed by atoms with van der Waals surface area (Å²) in [6.45, 7) is -0.309. The van der Waals surface area contributed by atoms with Crippen molar-refractivity contribution in [1.29, 1.82) is 0 Å². The number of amides is 3. The highest BCUT2D eigenvalue weighted by molar-refractivity contribution is 8.14. The van der Waals surface area contributed by atoms with Gasteiger partial charge in [-0.3, -0.25) is 19.3 Å². The summed E-state index contributed by atoms with van der Waals surface area (Å²) in [5.74, 6) is -0.192. The molecule has 8 heteroatoms. The largest absolute Gasteiger partial charge is 0.497 e. The number of hydrogen-bond donors (Lipinski definition) is 2. The Hall–Kier alpha value is -2.22. The molecule has 1 fully saturated rings. The number of benzene rings is 1. The molecule has 3 N–H and O–H groups in total. The Balaban J connectivity index is 2.01. The lowest BCUT2D eigenvalue weighted by Crippen LogP contribution is -2.36. The van der Waals surface area contributed by atoms with Crippen LogP contribution in [0.5, 0.6) is 5.75 Å². The van der Waals surface area contributed by atoms with Crippen molar-refractivity contribution < 1.29 is 19.1 Å². The number of carbonyl (C=O) groups excluding carboxylic acids is 3. The van der Waals surface area contributed by atoms with Gasteiger partial charge < -0.3 is 15.8 Å². The van der Waals surface area contributed by atoms with Crippen LogP contribution in [-0.4, -0.2) is 41.4 Å². The van der Waals surface area contributed by atoms with E-state index < -0.39 is 11.1 Å². The van der Waals surface area contributed by atoms with Crippen LogP contribution in [0.2, 0.25) is 0 Å². The zero-order valence-corrected chi connectivity index (χ0v) is 11.5. The van der Waals surface area contributed by atoms with Crippen molar-refractivity contribution in [3.8, 4) is 5.75 Å². The fourth-order valence-electron chi connectivity index (χ4n) is 1.65. The number of nitrogens with two attached hydrogens (primary N) is 1. The van der Waals surface area contributed by atoms with E-state index in [0.29, 0.717) is 17.1 Å². The van der Waals surface area contributed by atoms with Crippen molar-refractivity contribution in [3.63, 3.8) is 0 Å². The minimum absolute atomic E-state index is 0.0801. The van der Waals surface area contributed by atoms with E-state index in [4.69, 9.17) is 10.5 Å². The van der Waals surface area contributed by atoms with Crippen LogP contribution in [0.15, 0.2) is 18.2 Å². The third kappa shape index (κ3) is 3.02. The lowest BCUT2D eigenvalue weighted by atomic mass is 10.2. The van der Waals surface area contributed by atoms with Crippen LogP contribution in [0.25, 0.3) is 0 Å². The predicted molar refractivity (Wildman–Crippen MR) is 75.6 cm³/mol. The van der Waals surface area contributed by atoms with Gasteiger partial charge in [-0.2, -0.15) is 0 Å². The summed E-state index contributed by atoms with van der Waals surface area (Å²) in [5.41, 5.74) is 6.51. The molecule has 0 bridgehead atoms. The van der Waals surface area contributed by atoms with Gasteiger partial charge in [-0.05, 0) is 12.1 Å². The summed E-state index contributed by atoms with van der Waals surface area (Å²) in [5, 5.41) is 2.15. The van der Waals surface area contributed by atoms with Crippen molar-refractivity contribution in [2.24, 2.45) is 0 Å². The molecule has 1 aromatic rings. The minimum atomic E-state index is -0.480. The molecular formula is C12H13N3O4S. The van der Waals surface area contributed by atoms with Gasteiger partial charge in [0.05, 0.1) is 24.2 Å². The smallest absolute Gasteiger partial charge is 0.289 e. The molecule has 1 aromatic carbocycles. The van der Waals surface area contributed by atoms with Crippen LogP contribution in [-0.2, 0) is 9.59 Å². The zero-order valence-electron chi connectivity index (χ0n) is 10.7. The van der Waals surface area contributed by atoms with Crippen molar-refractivity contribution in [1.82, 2.24) is 4.90 Å². The summed E-state index contributed by atoms with van der Waals surface area (Å²) in [7, 11) is 1.51. The van der Waals surface area contributed by atoms with Gasteiger partial charge in [0.1, 0.15) is 12.3 Å². The van der Waals surface area contributed by atoms with Crippen LogP contribution in [0.3, 0.4) is 0 Å². The van der Waals surface area contributed by atoms with Gasteiger partial charge in [-0.25, -0.2) is 0 Å². The molecule has 0 saturated carbocycles. The molecule has 1 heterocycles. The number of methoxy groups -OCH3 is 1. The van der Waals surface area contributed by atoms with E-state index in [1.807, 2.05) is 0 Å². The first-order valence-corrected chi connectivity index (χ1v) is 6.70. The maximum Gasteiger partial charge on any atom is 0.289 e. The molecule has 1 aliphatic rings. The van der Waals surface area contributed by atoms with Gasteiger partial charge in [-0.15, -0.1) is 0 Å². The number of anilines is 2. The molecule has 7 nitrogen and oxygen atoms in total. The minimum Gasteiger partial charge on any atom is -0.497 e. The molecule has 0 radical (unpaired) electrons. The van der Waals surface area contributed by atoms with E-state index >= 15 is 0 Å². The van der Waals surface area contributed by atoms with E-state index in [1.54, 1.807) is 18.2 Å². The third-order valence-electron chi connectivity index (χ3n) is 2.68. The first-order valence-electron chi connectivity index (χ1n) is 5.71. The number of thioether (sulfide) groups is 1. The highest BCUT2D eigenvalue weighted by Gasteiger charge is 2.31. The fourth-order valence-corrected chi connectivity index (χ4v) is 2.37. The molecule has 106 valence electrons. The molecular weight excluding hydrogens is 282 g/mol. The monoisotopic (exact) mass is 295 g/mol. The van der Waals surface area contributed by atoms with E-state index in [0.717, 1.165) is 16.7 Å². The van der Waals surface area contributed by atoms with Crippen molar-refractivity contribution in [3.05, 3.63) is 18.2 Å². The Bertz CT molecular complexity index is 560. The lowest BCUT2D eigenvalue weighted by Gasteiger charge is -2.14. The maximum absolute atomic E-state index is 11.8. The number of imide groups is 1. The third-order valence-corrected chi connectivity index (χ3v) is 3.53. The lowest BCUT2D eigenvalue weighted by molar-refractivity contribution is -0.128. The average Bonchev–Trinajstić information content (AvgIpc) is 2.73. The standard InChI is InChI=1S/C12H13N3O4S/c1-19-7-2-3-9(8(13)4-7)14-10(16)5-15-11(17)6-20-12(15)18/h2-4H,5-6,13H2,1H3,(H,14,16). The van der Waals surface area contributed by atoms with Gasteiger partial charge >= 0.3 is 0 Å². The maximum atomic E-state index is 11.8. The second-order valence-electron chi connectivity index (χ2n) is 4.04. The van der Waals surface area contributed by atoms with E-state index in [2.05, 4.69) is 5.32 Å². The Kier molecular flexibility index (Phi) is 4.14. The van der Waals surface area contributed by atoms with Crippen LogP contribution in [0.4, 0.5) is 16.2 Å². The molecule has 3 amide bonds. The number of nitrogens with one attached hydrogen (secondary N) is 1. The summed E-state index contributed by atoms with van der Waals surface area (Å²) < 4.78 is 5.00. The first kappa shape index (κ1) is 14.2.